The maximum Gasteiger partial charge on any atom is 0.417 e. The van der Waals surface area contributed by atoms with Gasteiger partial charge in [-0.1, -0.05) is 12.1 Å². The van der Waals surface area contributed by atoms with E-state index in [-0.39, 0.29) is 5.56 Å². The van der Waals surface area contributed by atoms with Gasteiger partial charge in [-0.05, 0) is 18.6 Å². The monoisotopic (exact) mass is 217 g/mol. The van der Waals surface area contributed by atoms with Crippen LogP contribution in [0.25, 0.3) is 0 Å². The van der Waals surface area contributed by atoms with Crippen molar-refractivity contribution in [3.8, 4) is 0 Å². The average molecular weight is 217 g/mol. The highest BCUT2D eigenvalue weighted by molar-refractivity contribution is 6.00. The van der Waals surface area contributed by atoms with Gasteiger partial charge in [0.2, 0.25) is 0 Å². The second-order valence-corrected chi connectivity index (χ2v) is 3.12. The topological polar surface area (TPSA) is 43.1 Å². The number of alkyl halides is 3. The fraction of sp³-hybridized carbons (Fsp3) is 0.300. The third-order valence-electron chi connectivity index (χ3n) is 2.04. The minimum Gasteiger partial charge on any atom is -0.324 e. The SMILES string of the molecule is Cc1cccc(C(F)(F)F)c1C(=O)CN. The number of nitrogens with two attached hydrogens (primary N) is 1. The Morgan fingerprint density at radius 3 is 2.47 bits per heavy atom. The van der Waals surface area contributed by atoms with Crippen molar-refractivity contribution in [1.29, 1.82) is 0 Å². The molecule has 0 radical (unpaired) electrons. The molecule has 1 aromatic rings. The van der Waals surface area contributed by atoms with Gasteiger partial charge in [-0.25, -0.2) is 0 Å². The Hall–Kier alpha value is -1.36. The Balaban J connectivity index is 3.40. The third-order valence-corrected chi connectivity index (χ3v) is 2.04. The van der Waals surface area contributed by atoms with Crippen LogP contribution < -0.4 is 5.73 Å². The van der Waals surface area contributed by atoms with Crippen molar-refractivity contribution in [2.24, 2.45) is 5.73 Å². The summed E-state index contributed by atoms with van der Waals surface area (Å²) in [7, 11) is 0. The Kier molecular flexibility index (Phi) is 3.14. The van der Waals surface area contributed by atoms with E-state index in [1.807, 2.05) is 0 Å². The lowest BCUT2D eigenvalue weighted by molar-refractivity contribution is -0.137. The summed E-state index contributed by atoms with van der Waals surface area (Å²) in [6.45, 7) is 1.03. The van der Waals surface area contributed by atoms with Crippen LogP contribution in [0.3, 0.4) is 0 Å². The molecular formula is C10H10F3NO. The van der Waals surface area contributed by atoms with Crippen LogP contribution >= 0.6 is 0 Å². The molecule has 15 heavy (non-hydrogen) atoms. The normalized spacial score (nSPS) is 11.5. The molecule has 0 spiro atoms. The van der Waals surface area contributed by atoms with Crippen molar-refractivity contribution in [2.45, 2.75) is 13.1 Å². The molecule has 0 bridgehead atoms. The first-order valence-corrected chi connectivity index (χ1v) is 4.28. The molecule has 82 valence electrons. The van der Waals surface area contributed by atoms with E-state index in [2.05, 4.69) is 0 Å². The van der Waals surface area contributed by atoms with Crippen LogP contribution in [-0.2, 0) is 6.18 Å². The van der Waals surface area contributed by atoms with Crippen LogP contribution in [0, 0.1) is 6.92 Å². The highest BCUT2D eigenvalue weighted by atomic mass is 19.4. The van der Waals surface area contributed by atoms with Crippen molar-refractivity contribution in [3.05, 3.63) is 34.9 Å². The highest BCUT2D eigenvalue weighted by Crippen LogP contribution is 2.33. The summed E-state index contributed by atoms with van der Waals surface area (Å²) < 4.78 is 37.6. The molecule has 5 heteroatoms. The Labute approximate surface area is 84.9 Å². The first kappa shape index (κ1) is 11.7. The van der Waals surface area contributed by atoms with E-state index in [1.165, 1.54) is 19.1 Å². The Morgan fingerprint density at radius 2 is 2.00 bits per heavy atom. The number of benzene rings is 1. The van der Waals surface area contributed by atoms with Gasteiger partial charge < -0.3 is 5.73 Å². The molecule has 0 unspecified atom stereocenters. The number of carbonyl (C=O) groups excluding carboxylic acids is 1. The van der Waals surface area contributed by atoms with Crippen molar-refractivity contribution in [1.82, 2.24) is 0 Å². The maximum absolute atomic E-state index is 12.5. The number of ketones is 1. The summed E-state index contributed by atoms with van der Waals surface area (Å²) in [5.74, 6) is -0.694. The number of halogens is 3. The molecule has 2 nitrogen and oxygen atoms in total. The molecule has 0 amide bonds. The summed E-state index contributed by atoms with van der Waals surface area (Å²) in [4.78, 5) is 11.3. The van der Waals surface area contributed by atoms with Crippen molar-refractivity contribution < 1.29 is 18.0 Å². The summed E-state index contributed by atoms with van der Waals surface area (Å²) >= 11 is 0. The number of carbonyl (C=O) groups is 1. The van der Waals surface area contributed by atoms with E-state index in [0.29, 0.717) is 5.56 Å². The molecule has 0 fully saturated rings. The van der Waals surface area contributed by atoms with Gasteiger partial charge in [-0.2, -0.15) is 13.2 Å². The first-order valence-electron chi connectivity index (χ1n) is 4.28. The Bertz CT molecular complexity index is 385. The van der Waals surface area contributed by atoms with Crippen LogP contribution in [0.2, 0.25) is 0 Å². The van der Waals surface area contributed by atoms with E-state index >= 15 is 0 Å². The van der Waals surface area contributed by atoms with Gasteiger partial charge in [-0.15, -0.1) is 0 Å². The predicted octanol–water partition coefficient (Wildman–Crippen LogP) is 2.16. The van der Waals surface area contributed by atoms with Gasteiger partial charge in [0.15, 0.2) is 5.78 Å². The lowest BCUT2D eigenvalue weighted by Crippen LogP contribution is -2.20. The number of rotatable bonds is 2. The first-order chi connectivity index (χ1) is 6.88. The molecule has 0 saturated carbocycles. The lowest BCUT2D eigenvalue weighted by atomic mass is 9.98. The van der Waals surface area contributed by atoms with Crippen molar-refractivity contribution in [3.63, 3.8) is 0 Å². The molecule has 0 aliphatic rings. The quantitative estimate of drug-likeness (QED) is 0.771. The van der Waals surface area contributed by atoms with Crippen LogP contribution in [0.1, 0.15) is 21.5 Å². The molecule has 0 aliphatic heterocycles. The minimum absolute atomic E-state index is 0.292. The molecule has 1 rings (SSSR count). The van der Waals surface area contributed by atoms with Crippen molar-refractivity contribution >= 4 is 5.78 Å². The lowest BCUT2D eigenvalue weighted by Gasteiger charge is -2.13. The van der Waals surface area contributed by atoms with Crippen LogP contribution in [0.5, 0.6) is 0 Å². The average Bonchev–Trinajstić information content (AvgIpc) is 2.15. The minimum atomic E-state index is -4.52. The number of Topliss-reactive ketones (excluding diaryl/α,β-unsaturated/α-hetero) is 1. The number of hydrogen-bond acceptors (Lipinski definition) is 2. The van der Waals surface area contributed by atoms with Crippen molar-refractivity contribution in [2.75, 3.05) is 6.54 Å². The summed E-state index contributed by atoms with van der Waals surface area (Å²) in [6.07, 6.45) is -4.52. The van der Waals surface area contributed by atoms with E-state index in [4.69, 9.17) is 5.73 Å². The fourth-order valence-corrected chi connectivity index (χ4v) is 1.38. The maximum atomic E-state index is 12.5. The zero-order valence-electron chi connectivity index (χ0n) is 8.06. The van der Waals surface area contributed by atoms with Gasteiger partial charge in [0.25, 0.3) is 0 Å². The zero-order chi connectivity index (χ0) is 11.6. The summed E-state index contributed by atoms with van der Waals surface area (Å²) in [5.41, 5.74) is 4.12. The standard InChI is InChI=1S/C10H10F3NO/c1-6-3-2-4-7(10(11,12)13)9(6)8(15)5-14/h2-4H,5,14H2,1H3. The third kappa shape index (κ3) is 2.36. The molecule has 0 aliphatic carbocycles. The summed E-state index contributed by atoms with van der Waals surface area (Å²) in [6, 6.07) is 3.61. The predicted molar refractivity (Wildman–Crippen MR) is 49.6 cm³/mol. The highest BCUT2D eigenvalue weighted by Gasteiger charge is 2.35. The van der Waals surface area contributed by atoms with Crippen LogP contribution in [-0.4, -0.2) is 12.3 Å². The molecule has 0 heterocycles. The van der Waals surface area contributed by atoms with E-state index < -0.39 is 24.1 Å². The number of aryl methyl sites for hydroxylation is 1. The molecule has 1 aromatic carbocycles. The second kappa shape index (κ2) is 4.02. The van der Waals surface area contributed by atoms with Gasteiger partial charge in [0.05, 0.1) is 12.1 Å². The second-order valence-electron chi connectivity index (χ2n) is 3.12. The van der Waals surface area contributed by atoms with Gasteiger partial charge in [0.1, 0.15) is 0 Å². The van der Waals surface area contributed by atoms with Gasteiger partial charge in [0, 0.05) is 5.56 Å². The number of hydrogen-bond donors (Lipinski definition) is 1. The van der Waals surface area contributed by atoms with E-state index in [0.717, 1.165) is 6.07 Å². The van der Waals surface area contributed by atoms with Gasteiger partial charge in [-0.3, -0.25) is 4.79 Å². The largest absolute Gasteiger partial charge is 0.417 e. The zero-order valence-corrected chi connectivity index (χ0v) is 8.06. The molecule has 0 aromatic heterocycles. The smallest absolute Gasteiger partial charge is 0.324 e. The summed E-state index contributed by atoms with van der Waals surface area (Å²) in [5, 5.41) is 0. The van der Waals surface area contributed by atoms with Gasteiger partial charge >= 0.3 is 6.18 Å². The van der Waals surface area contributed by atoms with Crippen LogP contribution in [0.4, 0.5) is 13.2 Å². The Morgan fingerprint density at radius 1 is 1.40 bits per heavy atom. The van der Waals surface area contributed by atoms with E-state index in [1.54, 1.807) is 0 Å². The fourth-order valence-electron chi connectivity index (χ4n) is 1.38. The van der Waals surface area contributed by atoms with E-state index in [9.17, 15) is 18.0 Å². The molecule has 2 N–H and O–H groups in total. The van der Waals surface area contributed by atoms with Crippen LogP contribution in [0.15, 0.2) is 18.2 Å². The molecule has 0 saturated heterocycles. The molecular weight excluding hydrogens is 207 g/mol. The molecule has 0 atom stereocenters.